The van der Waals surface area contributed by atoms with Gasteiger partial charge in [0, 0.05) is 12.1 Å². The monoisotopic (exact) mass is 386 g/mol. The van der Waals surface area contributed by atoms with Crippen molar-refractivity contribution in [2.75, 3.05) is 5.32 Å². The molecule has 27 heavy (non-hydrogen) atoms. The SMILES string of the molecule is CC(C)c1cccc2sc(NC(=O)c3cc([N+](=O)[O-])cc([N+](=O)[O-])c3)nc12. The van der Waals surface area contributed by atoms with Gasteiger partial charge in [-0.1, -0.05) is 37.3 Å². The molecule has 0 bridgehead atoms. The summed E-state index contributed by atoms with van der Waals surface area (Å²) < 4.78 is 0.890. The highest BCUT2D eigenvalue weighted by Gasteiger charge is 2.21. The Morgan fingerprint density at radius 3 is 2.30 bits per heavy atom. The summed E-state index contributed by atoms with van der Waals surface area (Å²) in [6.07, 6.45) is 0. The van der Waals surface area contributed by atoms with E-state index >= 15 is 0 Å². The van der Waals surface area contributed by atoms with Gasteiger partial charge in [-0.2, -0.15) is 0 Å². The quantitative estimate of drug-likeness (QED) is 0.508. The number of carbonyl (C=O) groups excluding carboxylic acids is 1. The molecular formula is C17H14N4O5S. The van der Waals surface area contributed by atoms with Crippen LogP contribution in [0, 0.1) is 20.2 Å². The van der Waals surface area contributed by atoms with Gasteiger partial charge in [0.2, 0.25) is 0 Å². The first-order valence-corrected chi connectivity index (χ1v) is 8.72. The third-order valence-electron chi connectivity index (χ3n) is 3.88. The first kappa shape index (κ1) is 18.4. The zero-order chi connectivity index (χ0) is 19.7. The highest BCUT2D eigenvalue weighted by molar-refractivity contribution is 7.22. The summed E-state index contributed by atoms with van der Waals surface area (Å²) in [6.45, 7) is 4.07. The van der Waals surface area contributed by atoms with E-state index in [0.29, 0.717) is 5.13 Å². The number of rotatable bonds is 5. The maximum absolute atomic E-state index is 12.5. The number of nitrogens with one attached hydrogen (secondary N) is 1. The van der Waals surface area contributed by atoms with Crippen LogP contribution < -0.4 is 5.32 Å². The average Bonchev–Trinajstić information content (AvgIpc) is 3.03. The third kappa shape index (κ3) is 3.75. The lowest BCUT2D eigenvalue weighted by atomic mass is 10.0. The van der Waals surface area contributed by atoms with Crippen molar-refractivity contribution < 1.29 is 14.6 Å². The van der Waals surface area contributed by atoms with E-state index in [1.807, 2.05) is 32.0 Å². The minimum atomic E-state index is -0.781. The number of para-hydroxylation sites is 1. The van der Waals surface area contributed by atoms with Crippen molar-refractivity contribution in [1.82, 2.24) is 4.98 Å². The molecule has 0 spiro atoms. The number of aromatic nitrogens is 1. The van der Waals surface area contributed by atoms with Gasteiger partial charge in [-0.25, -0.2) is 4.98 Å². The summed E-state index contributed by atoms with van der Waals surface area (Å²) in [7, 11) is 0. The highest BCUT2D eigenvalue weighted by atomic mass is 32.1. The summed E-state index contributed by atoms with van der Waals surface area (Å²) in [5, 5.41) is 24.8. The van der Waals surface area contributed by atoms with E-state index in [0.717, 1.165) is 34.0 Å². The standard InChI is InChI=1S/C17H14N4O5S/c1-9(2)13-4-3-5-14-15(13)18-17(27-14)19-16(22)10-6-11(20(23)24)8-12(7-10)21(25)26/h3-9H,1-2H3,(H,18,19,22). The first-order chi connectivity index (χ1) is 12.8. The molecule has 3 rings (SSSR count). The second-order valence-corrected chi connectivity index (χ2v) is 7.10. The summed E-state index contributed by atoms with van der Waals surface area (Å²) in [4.78, 5) is 37.3. The van der Waals surface area contributed by atoms with Crippen molar-refractivity contribution in [1.29, 1.82) is 0 Å². The van der Waals surface area contributed by atoms with Crippen LogP contribution in [0.3, 0.4) is 0 Å². The van der Waals surface area contributed by atoms with Gasteiger partial charge in [-0.05, 0) is 17.5 Å². The highest BCUT2D eigenvalue weighted by Crippen LogP contribution is 2.32. The van der Waals surface area contributed by atoms with E-state index in [9.17, 15) is 25.0 Å². The van der Waals surface area contributed by atoms with Crippen LogP contribution in [0.4, 0.5) is 16.5 Å². The molecule has 0 saturated heterocycles. The number of non-ortho nitro benzene ring substituents is 2. The number of fused-ring (bicyclic) bond motifs is 1. The zero-order valence-electron chi connectivity index (χ0n) is 14.3. The van der Waals surface area contributed by atoms with Crippen LogP contribution in [0.2, 0.25) is 0 Å². The Balaban J connectivity index is 1.96. The number of carbonyl (C=O) groups is 1. The molecule has 1 N–H and O–H groups in total. The summed E-state index contributed by atoms with van der Waals surface area (Å²) in [5.74, 6) is -0.453. The number of nitrogens with zero attached hydrogens (tertiary/aromatic N) is 3. The van der Waals surface area contributed by atoms with Gasteiger partial charge in [0.15, 0.2) is 5.13 Å². The van der Waals surface area contributed by atoms with E-state index < -0.39 is 27.1 Å². The van der Waals surface area contributed by atoms with Crippen molar-refractivity contribution in [3.63, 3.8) is 0 Å². The van der Waals surface area contributed by atoms with Crippen LogP contribution in [0.25, 0.3) is 10.2 Å². The first-order valence-electron chi connectivity index (χ1n) is 7.91. The molecule has 1 aromatic heterocycles. The van der Waals surface area contributed by atoms with E-state index in [1.54, 1.807) is 0 Å². The third-order valence-corrected chi connectivity index (χ3v) is 4.82. The van der Waals surface area contributed by atoms with Crippen LogP contribution in [-0.2, 0) is 0 Å². The van der Waals surface area contributed by atoms with E-state index in [4.69, 9.17) is 0 Å². The minimum absolute atomic E-state index is 0.181. The Morgan fingerprint density at radius 1 is 1.11 bits per heavy atom. The molecule has 0 radical (unpaired) electrons. The molecule has 9 nitrogen and oxygen atoms in total. The molecule has 10 heteroatoms. The van der Waals surface area contributed by atoms with Crippen molar-refractivity contribution >= 4 is 44.0 Å². The summed E-state index contributed by atoms with van der Waals surface area (Å²) in [6, 6.07) is 8.55. The Bertz CT molecular complexity index is 1040. The maximum Gasteiger partial charge on any atom is 0.277 e. The number of nitro benzene ring substituents is 2. The van der Waals surface area contributed by atoms with Crippen LogP contribution >= 0.6 is 11.3 Å². The number of nitro groups is 2. The van der Waals surface area contributed by atoms with E-state index in [1.165, 1.54) is 11.3 Å². The molecule has 0 aliphatic heterocycles. The summed E-state index contributed by atoms with van der Waals surface area (Å²) >= 11 is 1.26. The zero-order valence-corrected chi connectivity index (χ0v) is 15.1. The number of benzene rings is 2. The molecule has 3 aromatic rings. The molecule has 0 aliphatic carbocycles. The molecule has 0 saturated carbocycles. The van der Waals surface area contributed by atoms with Crippen molar-refractivity contribution in [3.8, 4) is 0 Å². The fraction of sp³-hybridized carbons (Fsp3) is 0.176. The van der Waals surface area contributed by atoms with Gasteiger partial charge in [0.1, 0.15) is 0 Å². The van der Waals surface area contributed by atoms with E-state index in [-0.39, 0.29) is 11.5 Å². The smallest absolute Gasteiger partial charge is 0.277 e. The Kier molecular flexibility index (Phi) is 4.82. The Labute approximate surface area is 157 Å². The molecule has 0 fully saturated rings. The molecule has 0 unspecified atom stereocenters. The molecular weight excluding hydrogens is 372 g/mol. The van der Waals surface area contributed by atoms with Crippen molar-refractivity contribution in [3.05, 3.63) is 67.8 Å². The lowest BCUT2D eigenvalue weighted by Gasteiger charge is -2.04. The molecule has 1 amide bonds. The number of thiazole rings is 1. The Morgan fingerprint density at radius 2 is 1.74 bits per heavy atom. The molecule has 1 heterocycles. The largest absolute Gasteiger partial charge is 0.298 e. The van der Waals surface area contributed by atoms with Crippen molar-refractivity contribution in [2.24, 2.45) is 0 Å². The predicted octanol–water partition coefficient (Wildman–Crippen LogP) is 4.49. The van der Waals surface area contributed by atoms with Crippen LogP contribution in [0.1, 0.15) is 35.7 Å². The topological polar surface area (TPSA) is 128 Å². The van der Waals surface area contributed by atoms with Gasteiger partial charge in [-0.3, -0.25) is 30.3 Å². The molecule has 0 atom stereocenters. The normalized spacial score (nSPS) is 10.9. The second kappa shape index (κ2) is 7.08. The van der Waals surface area contributed by atoms with Gasteiger partial charge >= 0.3 is 0 Å². The van der Waals surface area contributed by atoms with Gasteiger partial charge in [0.25, 0.3) is 17.3 Å². The predicted molar refractivity (Wildman–Crippen MR) is 101 cm³/mol. The molecule has 2 aromatic carbocycles. The minimum Gasteiger partial charge on any atom is -0.298 e. The lowest BCUT2D eigenvalue weighted by molar-refractivity contribution is -0.394. The fourth-order valence-electron chi connectivity index (χ4n) is 2.60. The van der Waals surface area contributed by atoms with Gasteiger partial charge in [0.05, 0.1) is 31.7 Å². The number of hydrogen-bond donors (Lipinski definition) is 1. The van der Waals surface area contributed by atoms with Crippen molar-refractivity contribution in [2.45, 2.75) is 19.8 Å². The van der Waals surface area contributed by atoms with Crippen LogP contribution in [-0.4, -0.2) is 20.7 Å². The van der Waals surface area contributed by atoms with E-state index in [2.05, 4.69) is 10.3 Å². The molecule has 138 valence electrons. The molecule has 0 aliphatic rings. The number of amides is 1. The van der Waals surface area contributed by atoms with Gasteiger partial charge < -0.3 is 0 Å². The van der Waals surface area contributed by atoms with Gasteiger partial charge in [-0.15, -0.1) is 0 Å². The maximum atomic E-state index is 12.5. The lowest BCUT2D eigenvalue weighted by Crippen LogP contribution is -2.12. The second-order valence-electron chi connectivity index (χ2n) is 6.07. The van der Waals surface area contributed by atoms with Crippen LogP contribution in [0.5, 0.6) is 0 Å². The number of hydrogen-bond acceptors (Lipinski definition) is 7. The number of anilines is 1. The Hall–Kier alpha value is -3.40. The van der Waals surface area contributed by atoms with Crippen LogP contribution in [0.15, 0.2) is 36.4 Å². The summed E-state index contributed by atoms with van der Waals surface area (Å²) in [5.41, 5.74) is 0.578. The average molecular weight is 386 g/mol. The fourth-order valence-corrected chi connectivity index (χ4v) is 3.49.